The molecule has 8 aliphatic rings. The lowest BCUT2D eigenvalue weighted by Gasteiger charge is -2.31. The van der Waals surface area contributed by atoms with Crippen LogP contribution in [0.2, 0.25) is 0 Å². The third kappa shape index (κ3) is 13.6. The highest BCUT2D eigenvalue weighted by molar-refractivity contribution is 5.91. The molecule has 17 nitrogen and oxygen atoms in total. The predicted octanol–water partition coefficient (Wildman–Crippen LogP) is 15.0. The Hall–Kier alpha value is -8.93. The van der Waals surface area contributed by atoms with Crippen LogP contribution in [0.3, 0.4) is 0 Å². The van der Waals surface area contributed by atoms with Crippen molar-refractivity contribution in [1.82, 2.24) is 57.8 Å². The molecule has 0 radical (unpaired) electrons. The van der Waals surface area contributed by atoms with E-state index in [2.05, 4.69) is 78.4 Å². The zero-order valence-electron chi connectivity index (χ0n) is 62.9. The summed E-state index contributed by atoms with van der Waals surface area (Å²) in [6, 6.07) is 32.1. The number of hydrogen-bond acceptors (Lipinski definition) is 13. The maximum Gasteiger partial charge on any atom is 0.147 e. The number of benzene rings is 4. The van der Waals surface area contributed by atoms with Gasteiger partial charge in [-0.15, -0.1) is 0 Å². The molecule has 0 aliphatic carbocycles. The highest BCUT2D eigenvalue weighted by Gasteiger charge is 2.41. The SMILES string of the molecule is Cc1cc(F)c2c(c1)c1c(n2CC(O)c2cccnc2)CCN2CCCC12.Cc1cc2c3c(n(CC(O)c4cccnc4)c2cc1F)CCN1CCCC31.Cc1cc2c3c(n(CC(O)c4ccncc4)c2cc1CO)CCN1CCCC31.Cc1ccc2c(c1F)c1c(n2CC(O)c2cccnc2)CCN2CCCC12. The molecule has 8 unspecified atom stereocenters. The van der Waals surface area contributed by atoms with Crippen molar-refractivity contribution in [1.29, 1.82) is 0 Å². The summed E-state index contributed by atoms with van der Waals surface area (Å²) in [6.45, 7) is 18.2. The molecule has 0 amide bonds. The Kier molecular flexibility index (Phi) is 20.6. The Balaban J connectivity index is 0.000000106. The van der Waals surface area contributed by atoms with Crippen LogP contribution >= 0.6 is 0 Å². The monoisotopic (exact) mass is 1470 g/mol. The number of aromatic nitrogens is 8. The summed E-state index contributed by atoms with van der Waals surface area (Å²) in [6.07, 6.45) is 24.2. The first kappa shape index (κ1) is 72.9. The quantitative estimate of drug-likeness (QED) is 0.0735. The number of aryl methyl sites for hydroxylation is 4. The fraction of sp³-hybridized carbons (Fsp3) is 0.416. The zero-order chi connectivity index (χ0) is 74.9. The number of aliphatic hydroxyl groups excluding tert-OH is 5. The van der Waals surface area contributed by atoms with Crippen LogP contribution < -0.4 is 0 Å². The molecule has 0 bridgehead atoms. The van der Waals surface area contributed by atoms with Crippen molar-refractivity contribution in [2.45, 2.75) is 186 Å². The van der Waals surface area contributed by atoms with Crippen LogP contribution in [-0.2, 0) is 58.5 Å². The van der Waals surface area contributed by atoms with Gasteiger partial charge < -0.3 is 43.8 Å². The second kappa shape index (κ2) is 30.7. The van der Waals surface area contributed by atoms with Gasteiger partial charge in [-0.1, -0.05) is 24.3 Å². The van der Waals surface area contributed by atoms with Crippen LogP contribution in [0.4, 0.5) is 13.2 Å². The van der Waals surface area contributed by atoms with Crippen molar-refractivity contribution in [3.63, 3.8) is 0 Å². The minimum atomic E-state index is -0.708. The molecule has 8 aliphatic heterocycles. The summed E-state index contributed by atoms with van der Waals surface area (Å²) in [5.74, 6) is -0.479. The molecule has 109 heavy (non-hydrogen) atoms. The minimum absolute atomic E-state index is 0.0417. The fourth-order valence-electron chi connectivity index (χ4n) is 20.1. The van der Waals surface area contributed by atoms with E-state index in [1.807, 2.05) is 92.1 Å². The molecule has 566 valence electrons. The lowest BCUT2D eigenvalue weighted by molar-refractivity contribution is 0.154. The number of pyridine rings is 4. The molecule has 4 saturated heterocycles. The fourth-order valence-corrected chi connectivity index (χ4v) is 20.1. The molecule has 0 saturated carbocycles. The summed E-state index contributed by atoms with van der Waals surface area (Å²) >= 11 is 0. The summed E-state index contributed by atoms with van der Waals surface area (Å²) in [5, 5.41) is 57.3. The minimum Gasteiger partial charge on any atom is -0.392 e. The smallest absolute Gasteiger partial charge is 0.147 e. The highest BCUT2D eigenvalue weighted by Crippen LogP contribution is 2.49. The summed E-state index contributed by atoms with van der Waals surface area (Å²) in [7, 11) is 0. The Labute approximate surface area is 634 Å². The van der Waals surface area contributed by atoms with Crippen LogP contribution in [0.1, 0.15) is 195 Å². The van der Waals surface area contributed by atoms with Crippen LogP contribution in [0.25, 0.3) is 43.6 Å². The van der Waals surface area contributed by atoms with Crippen LogP contribution in [0.15, 0.2) is 147 Å². The molecule has 16 heterocycles. The third-order valence-electron chi connectivity index (χ3n) is 25.3. The second-order valence-corrected chi connectivity index (χ2v) is 31.7. The van der Waals surface area contributed by atoms with Crippen molar-refractivity contribution >= 4 is 43.6 Å². The summed E-state index contributed by atoms with van der Waals surface area (Å²) in [5.41, 5.74) is 21.5. The molecular weight excluding hydrogens is 1370 g/mol. The third-order valence-corrected chi connectivity index (χ3v) is 25.3. The van der Waals surface area contributed by atoms with Gasteiger partial charge >= 0.3 is 0 Å². The van der Waals surface area contributed by atoms with Gasteiger partial charge in [-0.3, -0.25) is 39.5 Å². The second-order valence-electron chi connectivity index (χ2n) is 31.7. The van der Waals surface area contributed by atoms with Gasteiger partial charge in [0.25, 0.3) is 0 Å². The van der Waals surface area contributed by atoms with Gasteiger partial charge in [-0.05, 0) is 228 Å². The first-order chi connectivity index (χ1) is 53.1. The van der Waals surface area contributed by atoms with E-state index in [1.54, 1.807) is 61.7 Å². The van der Waals surface area contributed by atoms with Crippen molar-refractivity contribution < 1.29 is 38.7 Å². The predicted molar refractivity (Wildman–Crippen MR) is 418 cm³/mol. The molecule has 8 aromatic heterocycles. The van der Waals surface area contributed by atoms with Crippen molar-refractivity contribution in [3.05, 3.63) is 259 Å². The molecule has 4 fully saturated rings. The van der Waals surface area contributed by atoms with E-state index < -0.39 is 24.4 Å². The van der Waals surface area contributed by atoms with Crippen molar-refractivity contribution in [2.75, 3.05) is 52.4 Å². The van der Waals surface area contributed by atoms with Gasteiger partial charge in [0.2, 0.25) is 0 Å². The average molecular weight is 1470 g/mol. The van der Waals surface area contributed by atoms with Gasteiger partial charge in [-0.25, -0.2) is 13.2 Å². The van der Waals surface area contributed by atoms with Gasteiger partial charge in [0.1, 0.15) is 17.5 Å². The average Bonchev–Trinajstić information content (AvgIpc) is 1.60. The Morgan fingerprint density at radius 3 is 1.29 bits per heavy atom. The van der Waals surface area contributed by atoms with Gasteiger partial charge in [-0.2, -0.15) is 0 Å². The maximum atomic E-state index is 15.2. The molecule has 4 aromatic carbocycles. The first-order valence-electron chi connectivity index (χ1n) is 39.5. The Morgan fingerprint density at radius 1 is 0.394 bits per heavy atom. The van der Waals surface area contributed by atoms with E-state index in [4.69, 9.17) is 0 Å². The highest BCUT2D eigenvalue weighted by atomic mass is 19.1. The summed E-state index contributed by atoms with van der Waals surface area (Å²) in [4.78, 5) is 26.6. The van der Waals surface area contributed by atoms with Crippen molar-refractivity contribution in [3.8, 4) is 0 Å². The number of halogens is 3. The largest absolute Gasteiger partial charge is 0.392 e. The number of rotatable bonds is 13. The summed E-state index contributed by atoms with van der Waals surface area (Å²) < 4.78 is 53.4. The van der Waals surface area contributed by atoms with E-state index >= 15 is 8.78 Å². The molecule has 5 N–H and O–H groups in total. The molecular formula is C89H99F3N12O5. The number of aliphatic hydroxyl groups is 5. The van der Waals surface area contributed by atoms with Crippen LogP contribution in [0, 0.1) is 45.1 Å². The van der Waals surface area contributed by atoms with E-state index in [1.165, 1.54) is 83.5 Å². The number of nitrogens with zero attached hydrogens (tertiary/aromatic N) is 12. The van der Waals surface area contributed by atoms with Gasteiger partial charge in [0, 0.05) is 198 Å². The molecule has 8 atom stereocenters. The van der Waals surface area contributed by atoms with Crippen LogP contribution in [0.5, 0.6) is 0 Å². The normalized spacial score (nSPS) is 20.6. The van der Waals surface area contributed by atoms with Crippen LogP contribution in [-0.4, -0.2) is 136 Å². The Morgan fingerprint density at radius 2 is 0.817 bits per heavy atom. The molecule has 20 rings (SSSR count). The van der Waals surface area contributed by atoms with E-state index in [0.29, 0.717) is 67.0 Å². The van der Waals surface area contributed by atoms with Gasteiger partial charge in [0.15, 0.2) is 0 Å². The number of fused-ring (bicyclic) bond motifs is 20. The van der Waals surface area contributed by atoms with E-state index in [-0.39, 0.29) is 24.1 Å². The van der Waals surface area contributed by atoms with E-state index in [9.17, 15) is 29.9 Å². The van der Waals surface area contributed by atoms with Gasteiger partial charge in [0.05, 0.1) is 73.8 Å². The Bertz CT molecular complexity index is 5270. The lowest BCUT2D eigenvalue weighted by Crippen LogP contribution is -2.31. The van der Waals surface area contributed by atoms with E-state index in [0.717, 1.165) is 168 Å². The molecule has 20 heteroatoms. The maximum absolute atomic E-state index is 15.2. The lowest BCUT2D eigenvalue weighted by atomic mass is 9.94. The first-order valence-corrected chi connectivity index (χ1v) is 39.5. The zero-order valence-corrected chi connectivity index (χ0v) is 62.9. The molecule has 12 aromatic rings. The topological polar surface area (TPSA) is 185 Å². The molecule has 0 spiro atoms. The van der Waals surface area contributed by atoms with Crippen molar-refractivity contribution in [2.24, 2.45) is 0 Å². The number of hydrogen-bond donors (Lipinski definition) is 5. The standard InChI is InChI=1S/C23H27N3O2.3C22H24FN3O/c1-15-11-18-21(12-17(15)14-27)26(13-22(28)16-4-7-24-8-5-16)20-6-10-25-9-2-3-19(25)23(18)20;1-14-6-7-17-21(22(14)23)20-16-5-3-10-25(16)11-8-18(20)26(17)13-19(27)15-4-2-9-24-12-15;1-14-10-16-20(11-17(14)23)26(13-21(27)15-4-2-7-24-12-15)19-6-9-25-8-3-5-18(25)22(16)19;1-14-10-16-21-18-5-3-8-25(18)9-6-19(21)26(22(16)17(23)11-14)13-20(27)15-4-2-7-24-12-15/h4-5,7-8,11-12,19,22,27-28H,2-3,6,9-10,13-14H2,1H3;2,4,6-7,9,12,16,19,27H,3,5,8,10-11,13H2,1H3;2,4,7,10-12,18,21,27H,3,5-6,8-9,13H2,1H3;2,4,7,10-12,18,20,27H,3,5-6,8-9,13H2,1H3.